The van der Waals surface area contributed by atoms with Crippen molar-refractivity contribution in [2.45, 2.75) is 123 Å². The quantitative estimate of drug-likeness (QED) is 0.385. The Morgan fingerprint density at radius 2 is 1.64 bits per heavy atom. The van der Waals surface area contributed by atoms with Gasteiger partial charge in [-0.05, 0) is 85.2 Å². The predicted octanol–water partition coefficient (Wildman–Crippen LogP) is 7.74. The summed E-state index contributed by atoms with van der Waals surface area (Å²) in [6.07, 6.45) is 9.32. The Labute approximate surface area is 237 Å². The largest absolute Gasteiger partial charge is 0.396 e. The molecule has 1 aromatic rings. The van der Waals surface area contributed by atoms with E-state index < -0.39 is 0 Å². The predicted molar refractivity (Wildman–Crippen MR) is 158 cm³/mol. The molecule has 6 rings (SSSR count). The highest BCUT2D eigenvalue weighted by atomic mass is 16.7. The lowest BCUT2D eigenvalue weighted by molar-refractivity contribution is -0.312. The Kier molecular flexibility index (Phi) is 8.44. The zero-order chi connectivity index (χ0) is 28.0. The SMILES string of the molecule is CC.CC(CCO)c1ccc(C2CC3(C)C(O)CCC3C3CCC4CC5(CCC4=C23)OCC(C)(C)CO5)cc1. The molecule has 1 aliphatic heterocycles. The molecule has 7 unspecified atom stereocenters. The Bertz CT molecular complexity index is 1020. The molecule has 3 saturated carbocycles. The van der Waals surface area contributed by atoms with Crippen LogP contribution in [0.1, 0.15) is 122 Å². The molecule has 1 saturated heterocycles. The van der Waals surface area contributed by atoms with Crippen LogP contribution in [0.4, 0.5) is 0 Å². The van der Waals surface area contributed by atoms with Gasteiger partial charge in [-0.3, -0.25) is 0 Å². The van der Waals surface area contributed by atoms with Crippen LogP contribution < -0.4 is 0 Å². The lowest BCUT2D eigenvalue weighted by Gasteiger charge is -2.55. The Morgan fingerprint density at radius 1 is 0.949 bits per heavy atom. The summed E-state index contributed by atoms with van der Waals surface area (Å²) in [6, 6.07) is 9.29. The van der Waals surface area contributed by atoms with Gasteiger partial charge < -0.3 is 19.7 Å². The summed E-state index contributed by atoms with van der Waals surface area (Å²) in [4.78, 5) is 0. The molecule has 218 valence electrons. The number of hydrogen-bond acceptors (Lipinski definition) is 4. The smallest absolute Gasteiger partial charge is 0.169 e. The number of fused-ring (bicyclic) bond motifs is 4. The minimum absolute atomic E-state index is 0.00610. The van der Waals surface area contributed by atoms with Gasteiger partial charge in [0.05, 0.1) is 19.3 Å². The molecule has 4 heteroatoms. The van der Waals surface area contributed by atoms with Crippen LogP contribution in [-0.4, -0.2) is 41.9 Å². The van der Waals surface area contributed by atoms with Gasteiger partial charge in [0, 0.05) is 30.8 Å². The normalized spacial score (nSPS) is 37.3. The molecule has 4 aliphatic carbocycles. The number of aliphatic hydroxyl groups is 2. The summed E-state index contributed by atoms with van der Waals surface area (Å²) in [5.41, 5.74) is 6.28. The van der Waals surface area contributed by atoms with Crippen LogP contribution >= 0.6 is 0 Å². The second-order valence-corrected chi connectivity index (χ2v) is 14.3. The van der Waals surface area contributed by atoms with E-state index in [0.29, 0.717) is 29.6 Å². The molecule has 1 heterocycles. The van der Waals surface area contributed by atoms with E-state index in [1.807, 2.05) is 13.8 Å². The summed E-state index contributed by atoms with van der Waals surface area (Å²) < 4.78 is 13.0. The lowest BCUT2D eigenvalue weighted by Crippen LogP contribution is -2.52. The number of aliphatic hydroxyl groups excluding tert-OH is 2. The minimum Gasteiger partial charge on any atom is -0.396 e. The lowest BCUT2D eigenvalue weighted by atomic mass is 9.52. The van der Waals surface area contributed by atoms with E-state index in [-0.39, 0.29) is 29.3 Å². The molecule has 0 aromatic heterocycles. The average molecular weight is 539 g/mol. The van der Waals surface area contributed by atoms with Crippen LogP contribution in [0, 0.1) is 28.6 Å². The first-order chi connectivity index (χ1) is 18.6. The van der Waals surface area contributed by atoms with Crippen molar-refractivity contribution in [2.75, 3.05) is 19.8 Å². The first kappa shape index (κ1) is 29.3. The maximum atomic E-state index is 11.2. The maximum absolute atomic E-state index is 11.2. The van der Waals surface area contributed by atoms with Crippen LogP contribution in [0.2, 0.25) is 0 Å². The zero-order valence-electron chi connectivity index (χ0n) is 25.5. The van der Waals surface area contributed by atoms with Gasteiger partial charge in [0.25, 0.3) is 0 Å². The summed E-state index contributed by atoms with van der Waals surface area (Å²) in [6.45, 7) is 14.9. The van der Waals surface area contributed by atoms with E-state index in [2.05, 4.69) is 52.0 Å². The third-order valence-electron chi connectivity index (χ3n) is 11.2. The first-order valence-electron chi connectivity index (χ1n) is 16.0. The molecule has 0 radical (unpaired) electrons. The monoisotopic (exact) mass is 538 g/mol. The van der Waals surface area contributed by atoms with E-state index in [1.165, 1.54) is 30.4 Å². The van der Waals surface area contributed by atoms with Crippen LogP contribution in [0.5, 0.6) is 0 Å². The highest BCUT2D eigenvalue weighted by Gasteiger charge is 2.57. The third kappa shape index (κ3) is 5.29. The van der Waals surface area contributed by atoms with Crippen molar-refractivity contribution in [1.82, 2.24) is 0 Å². The van der Waals surface area contributed by atoms with Crippen molar-refractivity contribution in [3.63, 3.8) is 0 Å². The van der Waals surface area contributed by atoms with Crippen molar-refractivity contribution in [3.8, 4) is 0 Å². The van der Waals surface area contributed by atoms with Crippen LogP contribution in [-0.2, 0) is 9.47 Å². The Hall–Kier alpha value is -1.20. The topological polar surface area (TPSA) is 58.9 Å². The molecule has 0 bridgehead atoms. The van der Waals surface area contributed by atoms with Gasteiger partial charge in [0.1, 0.15) is 0 Å². The number of benzene rings is 1. The molecule has 1 spiro atoms. The van der Waals surface area contributed by atoms with E-state index in [4.69, 9.17) is 9.47 Å². The van der Waals surface area contributed by atoms with Crippen LogP contribution in [0.3, 0.4) is 0 Å². The molecule has 5 aliphatic rings. The summed E-state index contributed by atoms with van der Waals surface area (Å²) >= 11 is 0. The fraction of sp³-hybridized carbons (Fsp3) is 0.771. The van der Waals surface area contributed by atoms with E-state index in [1.54, 1.807) is 11.1 Å². The molecule has 0 amide bonds. The zero-order valence-corrected chi connectivity index (χ0v) is 25.5. The second-order valence-electron chi connectivity index (χ2n) is 14.3. The van der Waals surface area contributed by atoms with Gasteiger partial charge in [0.2, 0.25) is 0 Å². The highest BCUT2D eigenvalue weighted by molar-refractivity contribution is 5.41. The Balaban J connectivity index is 0.00000151. The van der Waals surface area contributed by atoms with Crippen molar-refractivity contribution in [2.24, 2.45) is 28.6 Å². The van der Waals surface area contributed by atoms with E-state index >= 15 is 0 Å². The van der Waals surface area contributed by atoms with Gasteiger partial charge in [0.15, 0.2) is 5.79 Å². The molecule has 39 heavy (non-hydrogen) atoms. The number of rotatable bonds is 4. The molecular weight excluding hydrogens is 484 g/mol. The van der Waals surface area contributed by atoms with Gasteiger partial charge in [-0.25, -0.2) is 0 Å². The van der Waals surface area contributed by atoms with Crippen molar-refractivity contribution < 1.29 is 19.7 Å². The van der Waals surface area contributed by atoms with Crippen LogP contribution in [0.15, 0.2) is 35.4 Å². The van der Waals surface area contributed by atoms with Crippen molar-refractivity contribution in [3.05, 3.63) is 46.5 Å². The maximum Gasteiger partial charge on any atom is 0.169 e. The summed E-state index contributed by atoms with van der Waals surface area (Å²) in [7, 11) is 0. The average Bonchev–Trinajstić information content (AvgIpc) is 3.25. The van der Waals surface area contributed by atoms with Crippen molar-refractivity contribution >= 4 is 0 Å². The van der Waals surface area contributed by atoms with Gasteiger partial charge >= 0.3 is 0 Å². The standard InChI is InChI=1S/C33H48O4.C2H6/c1-21(14-16-34)22-5-7-23(8-6-22)27-18-32(4)28(11-12-29(32)35)26-10-9-24-17-33(15-13-25(24)30(26)27)36-19-31(2,3)20-37-33;1-2/h5-8,21,24,26-29,34-35H,9-20H2,1-4H3;1-2H3. The van der Waals surface area contributed by atoms with Crippen molar-refractivity contribution in [1.29, 1.82) is 0 Å². The van der Waals surface area contributed by atoms with Gasteiger partial charge in [-0.1, -0.05) is 77.0 Å². The van der Waals surface area contributed by atoms with E-state index in [9.17, 15) is 10.2 Å². The summed E-state index contributed by atoms with van der Waals surface area (Å²) in [5.74, 6) is 2.13. The van der Waals surface area contributed by atoms with E-state index in [0.717, 1.165) is 51.7 Å². The van der Waals surface area contributed by atoms with Gasteiger partial charge in [-0.15, -0.1) is 0 Å². The highest BCUT2D eigenvalue weighted by Crippen LogP contribution is 2.65. The molecule has 2 N–H and O–H groups in total. The molecular formula is C35H54O4. The number of ether oxygens (including phenoxy) is 2. The molecule has 4 fully saturated rings. The fourth-order valence-corrected chi connectivity index (χ4v) is 8.92. The molecule has 1 aromatic carbocycles. The molecule has 7 atom stereocenters. The number of allylic oxidation sites excluding steroid dienone is 2. The Morgan fingerprint density at radius 3 is 2.31 bits per heavy atom. The fourth-order valence-electron chi connectivity index (χ4n) is 8.92. The molecule has 4 nitrogen and oxygen atoms in total. The second kappa shape index (κ2) is 11.2. The minimum atomic E-state index is -0.385. The van der Waals surface area contributed by atoms with Gasteiger partial charge in [-0.2, -0.15) is 0 Å². The number of hydrogen-bond donors (Lipinski definition) is 2. The van der Waals surface area contributed by atoms with Crippen LogP contribution in [0.25, 0.3) is 0 Å². The first-order valence-corrected chi connectivity index (χ1v) is 16.0. The summed E-state index contributed by atoms with van der Waals surface area (Å²) in [5, 5.41) is 20.6. The third-order valence-corrected chi connectivity index (χ3v) is 11.2.